The first-order valence-corrected chi connectivity index (χ1v) is 4.58. The summed E-state index contributed by atoms with van der Waals surface area (Å²) in [6.45, 7) is 1.85. The van der Waals surface area contributed by atoms with Gasteiger partial charge in [-0.05, 0) is 13.8 Å². The average Bonchev–Trinajstić information content (AvgIpc) is 2.14. The van der Waals surface area contributed by atoms with Gasteiger partial charge in [0.25, 0.3) is 0 Å². The number of alkyl halides is 3. The molecule has 0 saturated carbocycles. The highest BCUT2D eigenvalue weighted by Gasteiger charge is 2.29. The fourth-order valence-electron chi connectivity index (χ4n) is 1.000. The first-order valence-electron chi connectivity index (χ1n) is 4.58. The van der Waals surface area contributed by atoms with Crippen molar-refractivity contribution in [3.8, 4) is 5.88 Å². The molecule has 1 unspecified atom stereocenters. The molecule has 1 rings (SSSR count). The van der Waals surface area contributed by atoms with E-state index >= 15 is 0 Å². The molecule has 0 fully saturated rings. The summed E-state index contributed by atoms with van der Waals surface area (Å²) >= 11 is 0. The number of aromatic nitrogens is 2. The van der Waals surface area contributed by atoms with Gasteiger partial charge in [-0.3, -0.25) is 0 Å². The zero-order chi connectivity index (χ0) is 12.3. The SMILES string of the molecule is Cc1nc(C(C)N)cnc1OCC(F)(F)F.Cl. The minimum Gasteiger partial charge on any atom is -0.467 e. The van der Waals surface area contributed by atoms with Gasteiger partial charge >= 0.3 is 6.18 Å². The largest absolute Gasteiger partial charge is 0.467 e. The highest BCUT2D eigenvalue weighted by Crippen LogP contribution is 2.19. The van der Waals surface area contributed by atoms with Gasteiger partial charge in [-0.15, -0.1) is 12.4 Å². The Morgan fingerprint density at radius 1 is 1.47 bits per heavy atom. The first-order chi connectivity index (χ1) is 7.29. The lowest BCUT2D eigenvalue weighted by Gasteiger charge is -2.11. The van der Waals surface area contributed by atoms with Crippen LogP contribution in [-0.4, -0.2) is 22.8 Å². The molecule has 0 amide bonds. The summed E-state index contributed by atoms with van der Waals surface area (Å²) in [6.07, 6.45) is -3.07. The molecule has 0 aliphatic rings. The Bertz CT molecular complexity index is 371. The third kappa shape index (κ3) is 5.18. The molecule has 1 aromatic rings. The number of nitrogens with two attached hydrogens (primary N) is 1. The molecule has 2 N–H and O–H groups in total. The van der Waals surface area contributed by atoms with Crippen molar-refractivity contribution >= 4 is 12.4 Å². The molecule has 17 heavy (non-hydrogen) atoms. The molecule has 4 nitrogen and oxygen atoms in total. The number of hydrogen-bond acceptors (Lipinski definition) is 4. The number of hydrogen-bond donors (Lipinski definition) is 1. The third-order valence-electron chi connectivity index (χ3n) is 1.76. The molecular weight excluding hydrogens is 259 g/mol. The lowest BCUT2D eigenvalue weighted by Crippen LogP contribution is -2.20. The van der Waals surface area contributed by atoms with Crippen LogP contribution in [0.25, 0.3) is 0 Å². The second-order valence-electron chi connectivity index (χ2n) is 3.38. The summed E-state index contributed by atoms with van der Waals surface area (Å²) in [6, 6.07) is -0.317. The Balaban J connectivity index is 0.00000256. The maximum absolute atomic E-state index is 11.9. The predicted octanol–water partition coefficient (Wildman–Crippen LogP) is 2.17. The molecule has 1 aromatic heterocycles. The second-order valence-corrected chi connectivity index (χ2v) is 3.38. The first kappa shape index (κ1) is 15.9. The molecule has 0 aliphatic carbocycles. The van der Waals surface area contributed by atoms with Gasteiger partial charge in [0, 0.05) is 6.04 Å². The van der Waals surface area contributed by atoms with E-state index in [2.05, 4.69) is 14.7 Å². The van der Waals surface area contributed by atoms with E-state index in [1.807, 2.05) is 0 Å². The Morgan fingerprint density at radius 2 is 2.06 bits per heavy atom. The molecule has 1 atom stereocenters. The molecule has 0 bridgehead atoms. The topological polar surface area (TPSA) is 61.0 Å². The summed E-state index contributed by atoms with van der Waals surface area (Å²) in [5.74, 6) is -0.123. The van der Waals surface area contributed by atoms with Crippen LogP contribution in [0.3, 0.4) is 0 Å². The van der Waals surface area contributed by atoms with Gasteiger partial charge in [-0.2, -0.15) is 13.2 Å². The third-order valence-corrected chi connectivity index (χ3v) is 1.76. The van der Waals surface area contributed by atoms with Crippen molar-refractivity contribution in [2.75, 3.05) is 6.61 Å². The van der Waals surface area contributed by atoms with Crippen molar-refractivity contribution < 1.29 is 17.9 Å². The van der Waals surface area contributed by atoms with E-state index < -0.39 is 12.8 Å². The van der Waals surface area contributed by atoms with Crippen LogP contribution in [0.5, 0.6) is 5.88 Å². The summed E-state index contributed by atoms with van der Waals surface area (Å²) < 4.78 is 40.2. The molecule has 0 spiro atoms. The Hall–Kier alpha value is -1.08. The lowest BCUT2D eigenvalue weighted by molar-refractivity contribution is -0.154. The summed E-state index contributed by atoms with van der Waals surface area (Å²) in [7, 11) is 0. The van der Waals surface area contributed by atoms with Crippen molar-refractivity contribution in [3.63, 3.8) is 0 Å². The van der Waals surface area contributed by atoms with Crippen molar-refractivity contribution in [2.24, 2.45) is 5.73 Å². The Morgan fingerprint density at radius 3 is 2.47 bits per heavy atom. The summed E-state index contributed by atoms with van der Waals surface area (Å²) in [4.78, 5) is 7.73. The molecule has 98 valence electrons. The monoisotopic (exact) mass is 271 g/mol. The van der Waals surface area contributed by atoms with Crippen molar-refractivity contribution in [2.45, 2.75) is 26.1 Å². The average molecular weight is 272 g/mol. The van der Waals surface area contributed by atoms with E-state index in [-0.39, 0.29) is 24.3 Å². The van der Waals surface area contributed by atoms with E-state index in [4.69, 9.17) is 5.73 Å². The number of ether oxygens (including phenoxy) is 1. The van der Waals surface area contributed by atoms with Crippen molar-refractivity contribution in [1.29, 1.82) is 0 Å². The van der Waals surface area contributed by atoms with Crippen molar-refractivity contribution in [3.05, 3.63) is 17.6 Å². The second kappa shape index (κ2) is 6.02. The number of rotatable bonds is 3. The zero-order valence-electron chi connectivity index (χ0n) is 9.28. The highest BCUT2D eigenvalue weighted by molar-refractivity contribution is 5.85. The standard InChI is InChI=1S/C9H12F3N3O.ClH/c1-5(13)7-3-14-8(6(2)15-7)16-4-9(10,11)12;/h3,5H,4,13H2,1-2H3;1H. The van der Waals surface area contributed by atoms with Crippen LogP contribution in [0.15, 0.2) is 6.20 Å². The van der Waals surface area contributed by atoms with Gasteiger partial charge in [0.1, 0.15) is 0 Å². The smallest absolute Gasteiger partial charge is 0.422 e. The van der Waals surface area contributed by atoms with E-state index in [0.29, 0.717) is 11.4 Å². The van der Waals surface area contributed by atoms with Gasteiger partial charge in [0.2, 0.25) is 5.88 Å². The molecular formula is C9H13ClF3N3O. The van der Waals surface area contributed by atoms with E-state index in [0.717, 1.165) is 0 Å². The molecule has 8 heteroatoms. The molecule has 0 radical (unpaired) electrons. The van der Waals surface area contributed by atoms with Gasteiger partial charge < -0.3 is 10.5 Å². The molecule has 1 heterocycles. The maximum Gasteiger partial charge on any atom is 0.422 e. The fourth-order valence-corrected chi connectivity index (χ4v) is 1.000. The predicted molar refractivity (Wildman–Crippen MR) is 58.2 cm³/mol. The zero-order valence-corrected chi connectivity index (χ0v) is 10.1. The summed E-state index contributed by atoms with van der Waals surface area (Å²) in [5, 5.41) is 0. The van der Waals surface area contributed by atoms with Crippen LogP contribution < -0.4 is 10.5 Å². The summed E-state index contributed by atoms with van der Waals surface area (Å²) in [5.41, 5.74) is 6.35. The van der Waals surface area contributed by atoms with Crippen LogP contribution in [0, 0.1) is 6.92 Å². The maximum atomic E-state index is 11.9. The van der Waals surface area contributed by atoms with Crippen LogP contribution in [-0.2, 0) is 0 Å². The minimum absolute atomic E-state index is 0. The van der Waals surface area contributed by atoms with Gasteiger partial charge in [0.15, 0.2) is 6.61 Å². The van der Waals surface area contributed by atoms with Crippen molar-refractivity contribution in [1.82, 2.24) is 9.97 Å². The van der Waals surface area contributed by atoms with Gasteiger partial charge in [-0.1, -0.05) is 0 Å². The molecule has 0 aliphatic heterocycles. The van der Waals surface area contributed by atoms with Gasteiger partial charge in [0.05, 0.1) is 17.6 Å². The highest BCUT2D eigenvalue weighted by atomic mass is 35.5. The van der Waals surface area contributed by atoms with Crippen LogP contribution in [0.1, 0.15) is 24.4 Å². The minimum atomic E-state index is -4.38. The molecule has 0 saturated heterocycles. The Kier molecular flexibility index (Phi) is 5.63. The number of nitrogens with zero attached hydrogens (tertiary/aromatic N) is 2. The number of aryl methyl sites for hydroxylation is 1. The van der Waals surface area contributed by atoms with Gasteiger partial charge in [-0.25, -0.2) is 9.97 Å². The molecule has 0 aromatic carbocycles. The van der Waals surface area contributed by atoms with Crippen LogP contribution in [0.2, 0.25) is 0 Å². The fraction of sp³-hybridized carbons (Fsp3) is 0.556. The lowest BCUT2D eigenvalue weighted by atomic mass is 10.2. The van der Waals surface area contributed by atoms with E-state index in [1.54, 1.807) is 6.92 Å². The van der Waals surface area contributed by atoms with Crippen LogP contribution >= 0.6 is 12.4 Å². The quantitative estimate of drug-likeness (QED) is 0.915. The van der Waals surface area contributed by atoms with Crippen LogP contribution in [0.4, 0.5) is 13.2 Å². The Labute approximate surface area is 103 Å². The van der Waals surface area contributed by atoms with E-state index in [1.165, 1.54) is 13.1 Å². The van der Waals surface area contributed by atoms with E-state index in [9.17, 15) is 13.2 Å². The normalized spacial score (nSPS) is 12.8. The number of halogens is 4.